The summed E-state index contributed by atoms with van der Waals surface area (Å²) in [7, 11) is 0. The lowest BCUT2D eigenvalue weighted by Gasteiger charge is -2.19. The maximum Gasteiger partial charge on any atom is 0.156 e. The Morgan fingerprint density at radius 3 is 2.78 bits per heavy atom. The first-order valence-corrected chi connectivity index (χ1v) is 6.10. The van der Waals surface area contributed by atoms with Crippen LogP contribution in [0.25, 0.3) is 5.69 Å². The number of hydrogen-bond acceptors (Lipinski definition) is 3. The molecule has 1 aromatic carbocycles. The van der Waals surface area contributed by atoms with E-state index in [2.05, 4.69) is 10.3 Å². The lowest BCUT2D eigenvalue weighted by atomic mass is 10.00. The number of nitrogens with two attached hydrogens (primary N) is 1. The number of rotatable bonds is 2. The second kappa shape index (κ2) is 4.17. The fourth-order valence-corrected chi connectivity index (χ4v) is 2.57. The molecule has 3 rings (SSSR count). The van der Waals surface area contributed by atoms with E-state index in [1.165, 1.54) is 6.20 Å². The molecule has 94 valence electrons. The molecule has 1 fully saturated rings. The quantitative estimate of drug-likeness (QED) is 0.881. The van der Waals surface area contributed by atoms with Gasteiger partial charge < -0.3 is 5.73 Å². The molecule has 0 saturated heterocycles. The van der Waals surface area contributed by atoms with Crippen LogP contribution in [0.15, 0.2) is 36.5 Å². The molecule has 4 nitrogen and oxygen atoms in total. The van der Waals surface area contributed by atoms with E-state index in [1.54, 1.807) is 4.68 Å². The number of aromatic nitrogens is 3. The highest BCUT2D eigenvalue weighted by Crippen LogP contribution is 2.41. The summed E-state index contributed by atoms with van der Waals surface area (Å²) < 4.78 is 16.5. The molecule has 2 unspecified atom stereocenters. The van der Waals surface area contributed by atoms with Gasteiger partial charge in [0.2, 0.25) is 0 Å². The zero-order valence-electron chi connectivity index (χ0n) is 9.96. The van der Waals surface area contributed by atoms with Crippen LogP contribution < -0.4 is 5.73 Å². The molecule has 0 aliphatic heterocycles. The van der Waals surface area contributed by atoms with Crippen molar-refractivity contribution >= 4 is 0 Å². The van der Waals surface area contributed by atoms with E-state index in [1.807, 2.05) is 30.3 Å². The van der Waals surface area contributed by atoms with E-state index < -0.39 is 5.67 Å². The van der Waals surface area contributed by atoms with Crippen LogP contribution in [0.5, 0.6) is 0 Å². The van der Waals surface area contributed by atoms with Crippen molar-refractivity contribution in [1.29, 1.82) is 0 Å². The number of halogens is 1. The SMILES string of the molecule is NC1CCC(F)(c2cnnn2-c2ccccc2)C1. The smallest absolute Gasteiger partial charge is 0.156 e. The van der Waals surface area contributed by atoms with Crippen molar-refractivity contribution in [1.82, 2.24) is 15.0 Å². The Kier molecular flexibility index (Phi) is 2.63. The number of nitrogens with zero attached hydrogens (tertiary/aromatic N) is 3. The van der Waals surface area contributed by atoms with Gasteiger partial charge in [0.25, 0.3) is 0 Å². The highest BCUT2D eigenvalue weighted by molar-refractivity contribution is 5.33. The molecule has 1 heterocycles. The summed E-state index contributed by atoms with van der Waals surface area (Å²) in [6.45, 7) is 0. The predicted octanol–water partition coefficient (Wildman–Crippen LogP) is 1.94. The van der Waals surface area contributed by atoms with E-state index in [0.717, 1.165) is 5.69 Å². The third-order valence-electron chi connectivity index (χ3n) is 3.51. The Hall–Kier alpha value is -1.75. The Balaban J connectivity index is 2.02. The van der Waals surface area contributed by atoms with Crippen LogP contribution in [0.2, 0.25) is 0 Å². The molecule has 0 radical (unpaired) electrons. The Morgan fingerprint density at radius 1 is 1.33 bits per heavy atom. The summed E-state index contributed by atoms with van der Waals surface area (Å²) in [5.41, 5.74) is 5.73. The van der Waals surface area contributed by atoms with E-state index in [-0.39, 0.29) is 6.04 Å². The van der Waals surface area contributed by atoms with Gasteiger partial charge in [-0.3, -0.25) is 0 Å². The second-order valence-electron chi connectivity index (χ2n) is 4.83. The van der Waals surface area contributed by atoms with Gasteiger partial charge >= 0.3 is 0 Å². The first-order valence-electron chi connectivity index (χ1n) is 6.10. The molecule has 1 aliphatic rings. The summed E-state index contributed by atoms with van der Waals surface area (Å²) in [5, 5.41) is 7.83. The molecule has 0 spiro atoms. The van der Waals surface area contributed by atoms with E-state index >= 15 is 0 Å². The van der Waals surface area contributed by atoms with Crippen molar-refractivity contribution in [3.63, 3.8) is 0 Å². The van der Waals surface area contributed by atoms with E-state index in [0.29, 0.717) is 25.0 Å². The minimum Gasteiger partial charge on any atom is -0.328 e. The third-order valence-corrected chi connectivity index (χ3v) is 3.51. The standard InChI is InChI=1S/C13H15FN4/c14-13(7-6-10(15)8-13)12-9-16-17-18(12)11-4-2-1-3-5-11/h1-5,9-10H,6-8,15H2. The van der Waals surface area contributed by atoms with E-state index in [9.17, 15) is 4.39 Å². The van der Waals surface area contributed by atoms with Gasteiger partial charge in [-0.25, -0.2) is 9.07 Å². The normalized spacial score (nSPS) is 27.6. The van der Waals surface area contributed by atoms with Crippen molar-refractivity contribution in [2.45, 2.75) is 31.0 Å². The van der Waals surface area contributed by atoms with Crippen LogP contribution in [0.3, 0.4) is 0 Å². The van der Waals surface area contributed by atoms with Gasteiger partial charge in [0.15, 0.2) is 5.67 Å². The third kappa shape index (κ3) is 1.80. The molecule has 0 amide bonds. The number of para-hydroxylation sites is 1. The van der Waals surface area contributed by atoms with Crippen molar-refractivity contribution < 1.29 is 4.39 Å². The zero-order valence-corrected chi connectivity index (χ0v) is 9.96. The number of alkyl halides is 1. The van der Waals surface area contributed by atoms with Crippen LogP contribution in [0, 0.1) is 0 Å². The molecular weight excluding hydrogens is 231 g/mol. The molecule has 18 heavy (non-hydrogen) atoms. The van der Waals surface area contributed by atoms with Gasteiger partial charge in [0.05, 0.1) is 11.9 Å². The Labute approximate surface area is 105 Å². The van der Waals surface area contributed by atoms with Gasteiger partial charge in [0.1, 0.15) is 5.69 Å². The van der Waals surface area contributed by atoms with Gasteiger partial charge in [-0.05, 0) is 25.0 Å². The average Bonchev–Trinajstić information content (AvgIpc) is 2.98. The fraction of sp³-hybridized carbons (Fsp3) is 0.385. The Morgan fingerprint density at radius 2 is 2.11 bits per heavy atom. The fourth-order valence-electron chi connectivity index (χ4n) is 2.57. The maximum absolute atomic E-state index is 14.9. The summed E-state index contributed by atoms with van der Waals surface area (Å²) >= 11 is 0. The van der Waals surface area contributed by atoms with Crippen LogP contribution in [-0.4, -0.2) is 21.0 Å². The van der Waals surface area contributed by atoms with Gasteiger partial charge in [-0.2, -0.15) is 0 Å². The topological polar surface area (TPSA) is 56.7 Å². The van der Waals surface area contributed by atoms with Crippen LogP contribution in [0.4, 0.5) is 4.39 Å². The summed E-state index contributed by atoms with van der Waals surface area (Å²) in [6, 6.07) is 9.40. The minimum atomic E-state index is -1.40. The average molecular weight is 246 g/mol. The van der Waals surface area contributed by atoms with Crippen LogP contribution in [-0.2, 0) is 5.67 Å². The minimum absolute atomic E-state index is 0.0749. The lowest BCUT2D eigenvalue weighted by Crippen LogP contribution is -2.24. The van der Waals surface area contributed by atoms with Crippen molar-refractivity contribution in [3.8, 4) is 5.69 Å². The zero-order chi connectivity index (χ0) is 12.6. The molecule has 1 saturated carbocycles. The molecule has 2 atom stereocenters. The first kappa shape index (κ1) is 11.3. The van der Waals surface area contributed by atoms with Gasteiger partial charge in [0, 0.05) is 12.5 Å². The summed E-state index contributed by atoms with van der Waals surface area (Å²) in [4.78, 5) is 0. The van der Waals surface area contributed by atoms with Gasteiger partial charge in [-0.1, -0.05) is 23.4 Å². The molecule has 0 bridgehead atoms. The number of benzene rings is 1. The second-order valence-corrected chi connectivity index (χ2v) is 4.83. The number of hydrogen-bond donors (Lipinski definition) is 1. The van der Waals surface area contributed by atoms with Crippen LogP contribution >= 0.6 is 0 Å². The monoisotopic (exact) mass is 246 g/mol. The highest BCUT2D eigenvalue weighted by Gasteiger charge is 2.42. The molecule has 5 heteroatoms. The van der Waals surface area contributed by atoms with Crippen molar-refractivity contribution in [2.75, 3.05) is 0 Å². The maximum atomic E-state index is 14.9. The lowest BCUT2D eigenvalue weighted by molar-refractivity contribution is 0.162. The molecule has 2 N–H and O–H groups in total. The summed E-state index contributed by atoms with van der Waals surface area (Å²) in [6.07, 6.45) is 2.99. The molecule has 1 aliphatic carbocycles. The van der Waals surface area contributed by atoms with Crippen molar-refractivity contribution in [2.24, 2.45) is 5.73 Å². The predicted molar refractivity (Wildman–Crippen MR) is 66.0 cm³/mol. The van der Waals surface area contributed by atoms with E-state index in [4.69, 9.17) is 5.73 Å². The molecule has 2 aromatic rings. The van der Waals surface area contributed by atoms with Crippen LogP contribution in [0.1, 0.15) is 25.0 Å². The molecule has 1 aromatic heterocycles. The Bertz CT molecular complexity index is 539. The summed E-state index contributed by atoms with van der Waals surface area (Å²) in [5.74, 6) is 0. The largest absolute Gasteiger partial charge is 0.328 e. The highest BCUT2D eigenvalue weighted by atomic mass is 19.1. The van der Waals surface area contributed by atoms with Gasteiger partial charge in [-0.15, -0.1) is 5.10 Å². The first-order chi connectivity index (χ1) is 8.69. The van der Waals surface area contributed by atoms with Crippen molar-refractivity contribution in [3.05, 3.63) is 42.2 Å². The molecular formula is C13H15FN4.